The SMILES string of the molecule is CCCC1(CCC)C2CC([N+](=O)[O-])=CC=C2[C@H]2C=CCCC21. The van der Waals surface area contributed by atoms with Crippen LogP contribution in [0.15, 0.2) is 35.6 Å². The summed E-state index contributed by atoms with van der Waals surface area (Å²) >= 11 is 0. The van der Waals surface area contributed by atoms with Crippen LogP contribution in [-0.2, 0) is 0 Å². The third-order valence-corrected chi connectivity index (χ3v) is 6.19. The van der Waals surface area contributed by atoms with Crippen molar-refractivity contribution >= 4 is 0 Å². The molecule has 1 saturated carbocycles. The first-order chi connectivity index (χ1) is 10.6. The summed E-state index contributed by atoms with van der Waals surface area (Å²) < 4.78 is 0. The quantitative estimate of drug-likeness (QED) is 0.394. The number of allylic oxidation sites excluding steroid dienone is 6. The van der Waals surface area contributed by atoms with E-state index in [1.54, 1.807) is 6.08 Å². The Labute approximate surface area is 133 Å². The van der Waals surface area contributed by atoms with Gasteiger partial charge in [-0.3, -0.25) is 10.1 Å². The number of rotatable bonds is 5. The molecule has 3 aliphatic rings. The molecule has 22 heavy (non-hydrogen) atoms. The molecule has 3 aliphatic carbocycles. The van der Waals surface area contributed by atoms with Crippen molar-refractivity contribution in [2.45, 2.75) is 58.8 Å². The third-order valence-electron chi connectivity index (χ3n) is 6.19. The van der Waals surface area contributed by atoms with Crippen LogP contribution >= 0.6 is 0 Å². The summed E-state index contributed by atoms with van der Waals surface area (Å²) in [6, 6.07) is 0. The molecule has 0 aromatic rings. The average Bonchev–Trinajstić information content (AvgIpc) is 2.79. The molecule has 3 atom stereocenters. The van der Waals surface area contributed by atoms with Crippen LogP contribution in [0.2, 0.25) is 0 Å². The van der Waals surface area contributed by atoms with Gasteiger partial charge in [-0.1, -0.05) is 50.5 Å². The normalized spacial score (nSPS) is 32.0. The molecule has 3 nitrogen and oxygen atoms in total. The molecule has 0 aromatic carbocycles. The molecule has 0 bridgehead atoms. The van der Waals surface area contributed by atoms with Crippen molar-refractivity contribution in [3.05, 3.63) is 45.7 Å². The summed E-state index contributed by atoms with van der Waals surface area (Å²) in [5.41, 5.74) is 2.17. The molecule has 0 radical (unpaired) electrons. The molecule has 0 spiro atoms. The van der Waals surface area contributed by atoms with Gasteiger partial charge in [0.25, 0.3) is 0 Å². The molecule has 0 N–H and O–H groups in total. The molecule has 3 rings (SSSR count). The van der Waals surface area contributed by atoms with Crippen molar-refractivity contribution in [1.29, 1.82) is 0 Å². The summed E-state index contributed by atoms with van der Waals surface area (Å²) in [5.74, 6) is 1.60. The number of hydrogen-bond acceptors (Lipinski definition) is 2. The molecule has 120 valence electrons. The van der Waals surface area contributed by atoms with Crippen molar-refractivity contribution < 1.29 is 4.92 Å². The number of nitro groups is 1. The van der Waals surface area contributed by atoms with Gasteiger partial charge in [-0.15, -0.1) is 0 Å². The highest BCUT2D eigenvalue weighted by molar-refractivity contribution is 5.37. The number of fused-ring (bicyclic) bond motifs is 3. The van der Waals surface area contributed by atoms with Crippen molar-refractivity contribution in [1.82, 2.24) is 0 Å². The summed E-state index contributed by atoms with van der Waals surface area (Å²) in [4.78, 5) is 11.1. The lowest BCUT2D eigenvalue weighted by Crippen LogP contribution is -2.35. The van der Waals surface area contributed by atoms with Gasteiger partial charge in [-0.05, 0) is 42.9 Å². The van der Waals surface area contributed by atoms with Gasteiger partial charge >= 0.3 is 0 Å². The average molecular weight is 301 g/mol. The lowest BCUT2D eigenvalue weighted by atomic mass is 9.62. The van der Waals surface area contributed by atoms with Gasteiger partial charge in [-0.25, -0.2) is 0 Å². The molecule has 0 aliphatic heterocycles. The van der Waals surface area contributed by atoms with Crippen LogP contribution in [0.3, 0.4) is 0 Å². The fourth-order valence-electron chi connectivity index (χ4n) is 5.57. The van der Waals surface area contributed by atoms with E-state index >= 15 is 0 Å². The van der Waals surface area contributed by atoms with Crippen molar-refractivity contribution in [3.63, 3.8) is 0 Å². The van der Waals surface area contributed by atoms with E-state index in [1.807, 2.05) is 0 Å². The maximum Gasteiger partial charge on any atom is 0.246 e. The van der Waals surface area contributed by atoms with E-state index in [9.17, 15) is 10.1 Å². The second kappa shape index (κ2) is 6.02. The van der Waals surface area contributed by atoms with Crippen LogP contribution in [0.5, 0.6) is 0 Å². The molecule has 0 amide bonds. The predicted octanol–water partition coefficient (Wildman–Crippen LogP) is 5.28. The van der Waals surface area contributed by atoms with E-state index in [0.717, 1.165) is 0 Å². The van der Waals surface area contributed by atoms with Crippen LogP contribution in [-0.4, -0.2) is 4.92 Å². The van der Waals surface area contributed by atoms with Crippen LogP contribution < -0.4 is 0 Å². The van der Waals surface area contributed by atoms with E-state index in [4.69, 9.17) is 0 Å². The second-order valence-electron chi connectivity index (χ2n) is 7.21. The Hall–Kier alpha value is -1.38. The van der Waals surface area contributed by atoms with Gasteiger partial charge in [0.05, 0.1) is 4.92 Å². The Kier molecular flexibility index (Phi) is 4.24. The monoisotopic (exact) mass is 301 g/mol. The van der Waals surface area contributed by atoms with E-state index in [-0.39, 0.29) is 10.3 Å². The minimum Gasteiger partial charge on any atom is -0.259 e. The third kappa shape index (κ3) is 2.26. The molecule has 3 heteroatoms. The smallest absolute Gasteiger partial charge is 0.246 e. The standard InChI is InChI=1S/C19H27NO2/c1-3-11-19(12-4-2)17-8-6-5-7-15(17)16-10-9-14(20(21)22)13-18(16)19/h5,7,9-10,15,17-18H,3-4,6,8,11-13H2,1-2H3/t15-,17?,18?/m1/s1. The highest BCUT2D eigenvalue weighted by atomic mass is 16.6. The van der Waals surface area contributed by atoms with Gasteiger partial charge in [0.15, 0.2) is 0 Å². The molecule has 2 unspecified atom stereocenters. The minimum absolute atomic E-state index is 0.173. The van der Waals surface area contributed by atoms with Crippen molar-refractivity contribution in [2.75, 3.05) is 0 Å². The van der Waals surface area contributed by atoms with Gasteiger partial charge < -0.3 is 0 Å². The van der Waals surface area contributed by atoms with Gasteiger partial charge in [0, 0.05) is 18.4 Å². The molecule has 0 saturated heterocycles. The van der Waals surface area contributed by atoms with Crippen molar-refractivity contribution in [3.8, 4) is 0 Å². The lowest BCUT2D eigenvalue weighted by Gasteiger charge is -2.42. The van der Waals surface area contributed by atoms with Crippen molar-refractivity contribution in [2.24, 2.45) is 23.2 Å². The minimum atomic E-state index is -0.173. The number of nitrogens with zero attached hydrogens (tertiary/aromatic N) is 1. The van der Waals surface area contributed by atoms with E-state index in [2.05, 4.69) is 32.1 Å². The van der Waals surface area contributed by atoms with Crippen LogP contribution in [0, 0.1) is 33.3 Å². The fraction of sp³-hybridized carbons (Fsp3) is 0.684. The Morgan fingerprint density at radius 1 is 1.27 bits per heavy atom. The summed E-state index contributed by atoms with van der Waals surface area (Å²) in [7, 11) is 0. The van der Waals surface area contributed by atoms with Gasteiger partial charge in [-0.2, -0.15) is 0 Å². The Balaban J connectivity index is 2.05. The van der Waals surface area contributed by atoms with Crippen LogP contribution in [0.1, 0.15) is 58.8 Å². The van der Waals surface area contributed by atoms with Crippen LogP contribution in [0.4, 0.5) is 0 Å². The Morgan fingerprint density at radius 2 is 2.00 bits per heavy atom. The van der Waals surface area contributed by atoms with Gasteiger partial charge in [0.2, 0.25) is 5.70 Å². The lowest BCUT2D eigenvalue weighted by molar-refractivity contribution is -0.429. The van der Waals surface area contributed by atoms with Gasteiger partial charge in [0.1, 0.15) is 0 Å². The molecular weight excluding hydrogens is 274 g/mol. The molecule has 0 aromatic heterocycles. The maximum absolute atomic E-state index is 11.3. The van der Waals surface area contributed by atoms with Crippen LogP contribution in [0.25, 0.3) is 0 Å². The van der Waals surface area contributed by atoms with E-state index in [1.165, 1.54) is 44.1 Å². The zero-order valence-electron chi connectivity index (χ0n) is 13.8. The first-order valence-corrected chi connectivity index (χ1v) is 8.85. The number of hydrogen-bond donors (Lipinski definition) is 0. The topological polar surface area (TPSA) is 43.1 Å². The Bertz CT molecular complexity index is 538. The summed E-state index contributed by atoms with van der Waals surface area (Å²) in [6.07, 6.45) is 16.4. The second-order valence-corrected chi connectivity index (χ2v) is 7.21. The highest BCUT2D eigenvalue weighted by Crippen LogP contribution is 2.64. The zero-order valence-corrected chi connectivity index (χ0v) is 13.8. The Morgan fingerprint density at radius 3 is 2.64 bits per heavy atom. The first kappa shape index (κ1) is 15.5. The van der Waals surface area contributed by atoms with E-state index < -0.39 is 0 Å². The van der Waals surface area contributed by atoms with E-state index in [0.29, 0.717) is 29.9 Å². The molecule has 0 heterocycles. The molecular formula is C19H27NO2. The fourth-order valence-corrected chi connectivity index (χ4v) is 5.57. The first-order valence-electron chi connectivity index (χ1n) is 8.85. The predicted molar refractivity (Wildman–Crippen MR) is 88.9 cm³/mol. The summed E-state index contributed by atoms with van der Waals surface area (Å²) in [6.45, 7) is 4.53. The largest absolute Gasteiger partial charge is 0.259 e. The molecule has 1 fully saturated rings. The zero-order chi connectivity index (χ0) is 15.7. The summed E-state index contributed by atoms with van der Waals surface area (Å²) in [5, 5.41) is 11.3. The maximum atomic E-state index is 11.3. The highest BCUT2D eigenvalue weighted by Gasteiger charge is 2.56.